The molecule has 0 unspecified atom stereocenters. The van der Waals surface area contributed by atoms with Crippen LogP contribution in [0.5, 0.6) is 0 Å². The number of carbonyl (C=O) groups excluding carboxylic acids is 1. The summed E-state index contributed by atoms with van der Waals surface area (Å²) in [6, 6.07) is 1.48. The zero-order valence-electron chi connectivity index (χ0n) is 10.5. The summed E-state index contributed by atoms with van der Waals surface area (Å²) in [6.45, 7) is 0. The maximum Gasteiger partial charge on any atom is 0.341 e. The van der Waals surface area contributed by atoms with Crippen molar-refractivity contribution in [1.82, 2.24) is 4.57 Å². The van der Waals surface area contributed by atoms with Crippen LogP contribution >= 0.6 is 0 Å². The van der Waals surface area contributed by atoms with E-state index in [1.807, 2.05) is 0 Å². The van der Waals surface area contributed by atoms with Crippen molar-refractivity contribution >= 4 is 11.7 Å². The molecule has 3 aliphatic carbocycles. The Labute approximate surface area is 105 Å². The second-order valence-corrected chi connectivity index (χ2v) is 5.25. The third-order valence-corrected chi connectivity index (χ3v) is 4.25. The van der Waals surface area contributed by atoms with Crippen LogP contribution < -0.4 is 10.9 Å². The van der Waals surface area contributed by atoms with Gasteiger partial charge >= 0.3 is 5.97 Å². The second-order valence-electron chi connectivity index (χ2n) is 5.25. The van der Waals surface area contributed by atoms with Crippen LogP contribution in [0.15, 0.2) is 17.1 Å². The summed E-state index contributed by atoms with van der Waals surface area (Å²) >= 11 is 0. The number of rotatable bonds is 3. The van der Waals surface area contributed by atoms with Crippen LogP contribution in [0, 0.1) is 5.92 Å². The minimum Gasteiger partial charge on any atom is -0.465 e. The minimum absolute atomic E-state index is 0.0171. The lowest BCUT2D eigenvalue weighted by molar-refractivity contribution is -0.0914. The number of hydrogen-bond acceptors (Lipinski definition) is 4. The number of ether oxygens (including phenoxy) is 1. The molecule has 0 amide bonds. The highest BCUT2D eigenvalue weighted by Gasteiger charge is 2.58. The zero-order valence-corrected chi connectivity index (χ0v) is 10.5. The molecule has 0 spiro atoms. The standard InChI is InChI=1S/C13H16N2O3/c1-14-10-3-11(16)15(7-9(10)12(17)18-2)13-4-8(5-13)6-13/h3,7-8,14H,4-6H2,1-2H3. The van der Waals surface area contributed by atoms with E-state index in [0.29, 0.717) is 11.3 Å². The van der Waals surface area contributed by atoms with Crippen LogP contribution in [0.1, 0.15) is 29.6 Å². The van der Waals surface area contributed by atoms with Gasteiger partial charge in [0.2, 0.25) is 0 Å². The fourth-order valence-electron chi connectivity index (χ4n) is 3.11. The molecule has 4 rings (SSSR count). The van der Waals surface area contributed by atoms with Crippen LogP contribution in [0.25, 0.3) is 0 Å². The Morgan fingerprint density at radius 2 is 2.17 bits per heavy atom. The first kappa shape index (κ1) is 11.3. The zero-order chi connectivity index (χ0) is 12.9. The van der Waals surface area contributed by atoms with Crippen LogP contribution in [-0.4, -0.2) is 24.7 Å². The molecule has 1 N–H and O–H groups in total. The molecule has 1 aromatic rings. The van der Waals surface area contributed by atoms with Crippen LogP contribution in [-0.2, 0) is 10.3 Å². The number of aromatic nitrogens is 1. The van der Waals surface area contributed by atoms with E-state index >= 15 is 0 Å². The molecule has 5 heteroatoms. The molecule has 3 aliphatic rings. The number of pyridine rings is 1. The highest BCUT2D eigenvalue weighted by molar-refractivity contribution is 5.95. The Hall–Kier alpha value is -1.78. The number of nitrogens with zero attached hydrogens (tertiary/aromatic N) is 1. The number of hydrogen-bond donors (Lipinski definition) is 1. The lowest BCUT2D eigenvalue weighted by atomic mass is 9.49. The summed E-state index contributed by atoms with van der Waals surface area (Å²) in [4.78, 5) is 23.8. The van der Waals surface area contributed by atoms with E-state index in [1.54, 1.807) is 17.8 Å². The number of nitrogens with one attached hydrogen (secondary N) is 1. The van der Waals surface area contributed by atoms with E-state index in [0.717, 1.165) is 25.2 Å². The summed E-state index contributed by atoms with van der Waals surface area (Å²) in [7, 11) is 3.03. The highest BCUT2D eigenvalue weighted by Crippen LogP contribution is 2.61. The van der Waals surface area contributed by atoms with Gasteiger partial charge in [0.15, 0.2) is 0 Å². The lowest BCUT2D eigenvalue weighted by Gasteiger charge is -2.62. The van der Waals surface area contributed by atoms with E-state index in [4.69, 9.17) is 4.74 Å². The van der Waals surface area contributed by atoms with Crippen molar-refractivity contribution in [3.8, 4) is 0 Å². The third kappa shape index (κ3) is 1.33. The maximum atomic E-state index is 12.1. The van der Waals surface area contributed by atoms with Crippen molar-refractivity contribution in [3.63, 3.8) is 0 Å². The van der Waals surface area contributed by atoms with Crippen LogP contribution in [0.4, 0.5) is 5.69 Å². The molecule has 2 bridgehead atoms. The van der Waals surface area contributed by atoms with Crippen molar-refractivity contribution in [2.24, 2.45) is 5.92 Å². The van der Waals surface area contributed by atoms with Crippen molar-refractivity contribution in [2.45, 2.75) is 24.8 Å². The van der Waals surface area contributed by atoms with Gasteiger partial charge in [0.25, 0.3) is 5.56 Å². The topological polar surface area (TPSA) is 60.3 Å². The minimum atomic E-state index is -0.417. The molecule has 1 heterocycles. The van der Waals surface area contributed by atoms with Gasteiger partial charge in [0, 0.05) is 24.8 Å². The van der Waals surface area contributed by atoms with Gasteiger partial charge in [-0.2, -0.15) is 0 Å². The first-order chi connectivity index (χ1) is 8.59. The molecule has 0 radical (unpaired) electrons. The molecule has 1 aromatic heterocycles. The van der Waals surface area contributed by atoms with Gasteiger partial charge in [-0.15, -0.1) is 0 Å². The predicted molar refractivity (Wildman–Crippen MR) is 66.9 cm³/mol. The smallest absolute Gasteiger partial charge is 0.341 e. The van der Waals surface area contributed by atoms with Crippen molar-refractivity contribution in [1.29, 1.82) is 0 Å². The largest absolute Gasteiger partial charge is 0.465 e. The lowest BCUT2D eigenvalue weighted by Crippen LogP contribution is -2.62. The van der Waals surface area contributed by atoms with Gasteiger partial charge in [-0.1, -0.05) is 0 Å². The average molecular weight is 248 g/mol. The van der Waals surface area contributed by atoms with E-state index in [9.17, 15) is 9.59 Å². The number of anilines is 1. The summed E-state index contributed by atoms with van der Waals surface area (Å²) in [5, 5.41) is 2.86. The fourth-order valence-corrected chi connectivity index (χ4v) is 3.11. The molecule has 3 fully saturated rings. The van der Waals surface area contributed by atoms with Gasteiger partial charge < -0.3 is 14.6 Å². The average Bonchev–Trinajstić information content (AvgIpc) is 2.26. The molecule has 18 heavy (non-hydrogen) atoms. The van der Waals surface area contributed by atoms with Gasteiger partial charge in [0.05, 0.1) is 18.4 Å². The van der Waals surface area contributed by atoms with Crippen molar-refractivity contribution in [2.75, 3.05) is 19.5 Å². The van der Waals surface area contributed by atoms with Gasteiger partial charge in [-0.3, -0.25) is 4.79 Å². The van der Waals surface area contributed by atoms with Gasteiger partial charge in [-0.25, -0.2) is 4.79 Å². The third-order valence-electron chi connectivity index (χ3n) is 4.25. The quantitative estimate of drug-likeness (QED) is 0.816. The number of methoxy groups -OCH3 is 1. The molecular formula is C13H16N2O3. The Balaban J connectivity index is 2.10. The van der Waals surface area contributed by atoms with E-state index in [2.05, 4.69) is 5.32 Å². The monoisotopic (exact) mass is 248 g/mol. The molecule has 0 aliphatic heterocycles. The van der Waals surface area contributed by atoms with Gasteiger partial charge in [0.1, 0.15) is 0 Å². The summed E-state index contributed by atoms with van der Waals surface area (Å²) in [6.07, 6.45) is 4.83. The maximum absolute atomic E-state index is 12.1. The van der Waals surface area contributed by atoms with Crippen molar-refractivity contribution in [3.05, 3.63) is 28.2 Å². The van der Waals surface area contributed by atoms with Gasteiger partial charge in [-0.05, 0) is 25.2 Å². The Bertz CT molecular complexity index is 559. The highest BCUT2D eigenvalue weighted by atomic mass is 16.5. The predicted octanol–water partition coefficient (Wildman–Crippen LogP) is 1.19. The van der Waals surface area contributed by atoms with E-state index in [-0.39, 0.29) is 11.1 Å². The normalized spacial score (nSPS) is 28.0. The first-order valence-electron chi connectivity index (χ1n) is 6.13. The number of esters is 1. The molecule has 0 atom stereocenters. The summed E-state index contributed by atoms with van der Waals surface area (Å²) < 4.78 is 6.48. The van der Waals surface area contributed by atoms with Crippen molar-refractivity contribution < 1.29 is 9.53 Å². The summed E-state index contributed by atoms with van der Waals surface area (Å²) in [5.41, 5.74) is 0.876. The number of carbonyl (C=O) groups is 1. The Morgan fingerprint density at radius 3 is 2.61 bits per heavy atom. The SMILES string of the molecule is CNc1cc(=O)n(C23CC(C2)C3)cc1C(=O)OC. The van der Waals surface area contributed by atoms with Crippen LogP contribution in [0.3, 0.4) is 0 Å². The molecule has 0 saturated heterocycles. The second kappa shape index (κ2) is 3.60. The fraction of sp³-hybridized carbons (Fsp3) is 0.538. The molecular weight excluding hydrogens is 232 g/mol. The molecule has 0 aromatic carbocycles. The molecule has 96 valence electrons. The van der Waals surface area contributed by atoms with Crippen LogP contribution in [0.2, 0.25) is 0 Å². The molecule has 3 saturated carbocycles. The van der Waals surface area contributed by atoms with E-state index < -0.39 is 5.97 Å². The summed E-state index contributed by atoms with van der Waals surface area (Å²) in [5.74, 6) is 0.363. The van der Waals surface area contributed by atoms with E-state index in [1.165, 1.54) is 13.2 Å². The first-order valence-corrected chi connectivity index (χ1v) is 6.13. The molecule has 5 nitrogen and oxygen atoms in total. The Kier molecular flexibility index (Phi) is 2.27. The Morgan fingerprint density at radius 1 is 1.50 bits per heavy atom.